The Morgan fingerprint density at radius 1 is 1.20 bits per heavy atom. The zero-order valence-electron chi connectivity index (χ0n) is 15.1. The van der Waals surface area contributed by atoms with Crippen molar-refractivity contribution >= 4 is 5.91 Å². The summed E-state index contributed by atoms with van der Waals surface area (Å²) in [5, 5.41) is 3.09. The summed E-state index contributed by atoms with van der Waals surface area (Å²) in [5.41, 5.74) is 3.46. The van der Waals surface area contributed by atoms with Gasteiger partial charge in [-0.3, -0.25) is 14.7 Å². The lowest BCUT2D eigenvalue weighted by molar-refractivity contribution is -0.123. The molecule has 0 spiro atoms. The molecule has 2 heterocycles. The van der Waals surface area contributed by atoms with Crippen LogP contribution in [0, 0.1) is 6.92 Å². The fourth-order valence-electron chi connectivity index (χ4n) is 3.46. The van der Waals surface area contributed by atoms with Gasteiger partial charge in [0.25, 0.3) is 0 Å². The molecule has 0 saturated carbocycles. The lowest BCUT2D eigenvalue weighted by Gasteiger charge is -2.32. The van der Waals surface area contributed by atoms with Crippen LogP contribution in [0.3, 0.4) is 0 Å². The van der Waals surface area contributed by atoms with Crippen LogP contribution in [0.1, 0.15) is 48.5 Å². The van der Waals surface area contributed by atoms with E-state index in [1.165, 1.54) is 5.56 Å². The molecule has 4 nitrogen and oxygen atoms in total. The average molecular weight is 337 g/mol. The lowest BCUT2D eigenvalue weighted by atomic mass is 9.89. The van der Waals surface area contributed by atoms with Gasteiger partial charge < -0.3 is 5.32 Å². The number of rotatable bonds is 5. The van der Waals surface area contributed by atoms with Crippen molar-refractivity contribution in [2.24, 2.45) is 0 Å². The number of likely N-dealkylation sites (tertiary alicyclic amines) is 1. The topological polar surface area (TPSA) is 45.2 Å². The van der Waals surface area contributed by atoms with Gasteiger partial charge in [0.15, 0.2) is 0 Å². The highest BCUT2D eigenvalue weighted by atomic mass is 16.2. The quantitative estimate of drug-likeness (QED) is 0.909. The van der Waals surface area contributed by atoms with Crippen LogP contribution in [0.4, 0.5) is 0 Å². The predicted molar refractivity (Wildman–Crippen MR) is 100 cm³/mol. The molecule has 25 heavy (non-hydrogen) atoms. The first-order valence-corrected chi connectivity index (χ1v) is 9.11. The maximum atomic E-state index is 12.3. The van der Waals surface area contributed by atoms with Crippen LogP contribution in [-0.2, 0) is 4.79 Å². The number of piperidine rings is 1. The molecule has 1 aliphatic rings. The second-order valence-electron chi connectivity index (χ2n) is 6.98. The maximum Gasteiger partial charge on any atom is 0.234 e. The Balaban J connectivity index is 1.45. The number of benzene rings is 1. The van der Waals surface area contributed by atoms with Gasteiger partial charge in [0.1, 0.15) is 0 Å². The van der Waals surface area contributed by atoms with Gasteiger partial charge in [-0.1, -0.05) is 36.4 Å². The van der Waals surface area contributed by atoms with Gasteiger partial charge in [0, 0.05) is 11.9 Å². The molecule has 1 N–H and O–H groups in total. The summed E-state index contributed by atoms with van der Waals surface area (Å²) in [6.07, 6.45) is 4.08. The maximum absolute atomic E-state index is 12.3. The van der Waals surface area contributed by atoms with Crippen LogP contribution >= 0.6 is 0 Å². The van der Waals surface area contributed by atoms with Gasteiger partial charge in [-0.15, -0.1) is 0 Å². The third-order valence-electron chi connectivity index (χ3n) is 5.04. The van der Waals surface area contributed by atoms with Crippen LogP contribution in [-0.4, -0.2) is 35.4 Å². The molecule has 1 fully saturated rings. The normalized spacial score (nSPS) is 17.2. The second-order valence-corrected chi connectivity index (χ2v) is 6.98. The van der Waals surface area contributed by atoms with Crippen molar-refractivity contribution in [2.45, 2.75) is 38.6 Å². The third-order valence-corrected chi connectivity index (χ3v) is 5.04. The Morgan fingerprint density at radius 2 is 1.92 bits per heavy atom. The standard InChI is InChI=1S/C21H27N3O/c1-16-8-9-20(14-22-16)17(2)23-21(25)15-24-12-10-19(11-13-24)18-6-4-3-5-7-18/h3-9,14,17,19H,10-13,15H2,1-2H3,(H,23,25)/t17-/m0/s1. The fourth-order valence-corrected chi connectivity index (χ4v) is 3.46. The predicted octanol–water partition coefficient (Wildman–Crippen LogP) is 3.45. The molecule has 1 amide bonds. The van der Waals surface area contributed by atoms with Gasteiger partial charge in [-0.2, -0.15) is 0 Å². The molecule has 1 atom stereocenters. The van der Waals surface area contributed by atoms with E-state index in [1.54, 1.807) is 0 Å². The molecular formula is C21H27N3O. The van der Waals surface area contributed by atoms with Crippen molar-refractivity contribution in [3.05, 3.63) is 65.5 Å². The highest BCUT2D eigenvalue weighted by Gasteiger charge is 2.22. The summed E-state index contributed by atoms with van der Waals surface area (Å²) in [6.45, 7) is 6.41. The van der Waals surface area contributed by atoms with E-state index in [0.717, 1.165) is 37.2 Å². The van der Waals surface area contributed by atoms with Crippen molar-refractivity contribution < 1.29 is 4.79 Å². The van der Waals surface area contributed by atoms with Gasteiger partial charge >= 0.3 is 0 Å². The van der Waals surface area contributed by atoms with Crippen LogP contribution in [0.5, 0.6) is 0 Å². The number of hydrogen-bond acceptors (Lipinski definition) is 3. The fraction of sp³-hybridized carbons (Fsp3) is 0.429. The number of nitrogens with one attached hydrogen (secondary N) is 1. The minimum absolute atomic E-state index is 0.0116. The lowest BCUT2D eigenvalue weighted by Crippen LogP contribution is -2.41. The SMILES string of the molecule is Cc1ccc([C@H](C)NC(=O)CN2CCC(c3ccccc3)CC2)cn1. The van der Waals surface area contributed by atoms with Crippen molar-refractivity contribution in [1.82, 2.24) is 15.2 Å². The van der Waals surface area contributed by atoms with E-state index in [1.807, 2.05) is 32.2 Å². The number of nitrogens with zero attached hydrogens (tertiary/aromatic N) is 2. The summed E-state index contributed by atoms with van der Waals surface area (Å²) in [6, 6.07) is 14.7. The molecule has 1 saturated heterocycles. The molecule has 1 aromatic carbocycles. The monoisotopic (exact) mass is 337 g/mol. The molecule has 1 aliphatic heterocycles. The van der Waals surface area contributed by atoms with Gasteiger partial charge in [0.2, 0.25) is 5.91 Å². The first-order valence-electron chi connectivity index (χ1n) is 9.11. The zero-order valence-corrected chi connectivity index (χ0v) is 15.1. The molecule has 4 heteroatoms. The van der Waals surface area contributed by atoms with Crippen molar-refractivity contribution in [3.8, 4) is 0 Å². The number of hydrogen-bond donors (Lipinski definition) is 1. The minimum atomic E-state index is -0.0116. The van der Waals surface area contributed by atoms with Crippen molar-refractivity contribution in [2.75, 3.05) is 19.6 Å². The summed E-state index contributed by atoms with van der Waals surface area (Å²) in [7, 11) is 0. The number of aromatic nitrogens is 1. The third kappa shape index (κ3) is 4.89. The zero-order chi connectivity index (χ0) is 17.6. The molecule has 0 unspecified atom stereocenters. The smallest absolute Gasteiger partial charge is 0.234 e. The molecule has 0 aliphatic carbocycles. The summed E-state index contributed by atoms with van der Waals surface area (Å²) >= 11 is 0. The Morgan fingerprint density at radius 3 is 2.56 bits per heavy atom. The Labute approximate surface area is 150 Å². The Hall–Kier alpha value is -2.20. The number of pyridine rings is 1. The first-order chi connectivity index (χ1) is 12.1. The van der Waals surface area contributed by atoms with E-state index in [4.69, 9.17) is 0 Å². The van der Waals surface area contributed by atoms with E-state index in [9.17, 15) is 4.79 Å². The molecular weight excluding hydrogens is 310 g/mol. The van der Waals surface area contributed by atoms with Crippen LogP contribution in [0.15, 0.2) is 48.7 Å². The van der Waals surface area contributed by atoms with Crippen LogP contribution in [0.2, 0.25) is 0 Å². The van der Waals surface area contributed by atoms with Crippen LogP contribution in [0.25, 0.3) is 0 Å². The van der Waals surface area contributed by atoms with E-state index in [-0.39, 0.29) is 11.9 Å². The second kappa shape index (κ2) is 8.26. The van der Waals surface area contributed by atoms with E-state index >= 15 is 0 Å². The molecule has 0 radical (unpaired) electrons. The molecule has 0 bridgehead atoms. The number of carbonyl (C=O) groups is 1. The molecule has 132 valence electrons. The van der Waals surface area contributed by atoms with Gasteiger partial charge in [-0.05, 0) is 62.9 Å². The Bertz CT molecular complexity index is 676. The summed E-state index contributed by atoms with van der Waals surface area (Å²) in [4.78, 5) is 18.9. The van der Waals surface area contributed by atoms with Crippen molar-refractivity contribution in [1.29, 1.82) is 0 Å². The Kier molecular flexibility index (Phi) is 5.82. The van der Waals surface area contributed by atoms with Gasteiger partial charge in [-0.25, -0.2) is 0 Å². The van der Waals surface area contributed by atoms with Crippen LogP contribution < -0.4 is 5.32 Å². The summed E-state index contributed by atoms with van der Waals surface area (Å²) < 4.78 is 0. The number of amides is 1. The first kappa shape index (κ1) is 17.6. The highest BCUT2D eigenvalue weighted by Crippen LogP contribution is 2.27. The van der Waals surface area contributed by atoms with E-state index < -0.39 is 0 Å². The minimum Gasteiger partial charge on any atom is -0.348 e. The highest BCUT2D eigenvalue weighted by molar-refractivity contribution is 5.78. The number of carbonyl (C=O) groups excluding carboxylic acids is 1. The van der Waals surface area contributed by atoms with E-state index in [2.05, 4.69) is 45.5 Å². The number of aryl methyl sites for hydroxylation is 1. The summed E-state index contributed by atoms with van der Waals surface area (Å²) in [5.74, 6) is 0.712. The average Bonchev–Trinajstić information content (AvgIpc) is 2.63. The van der Waals surface area contributed by atoms with Gasteiger partial charge in [0.05, 0.1) is 12.6 Å². The molecule has 2 aromatic rings. The largest absolute Gasteiger partial charge is 0.348 e. The van der Waals surface area contributed by atoms with Crippen molar-refractivity contribution in [3.63, 3.8) is 0 Å². The van der Waals surface area contributed by atoms with E-state index in [0.29, 0.717) is 12.5 Å². The molecule has 3 rings (SSSR count). The molecule has 1 aromatic heterocycles.